The number of anilines is 1. The van der Waals surface area contributed by atoms with Gasteiger partial charge in [0.05, 0.1) is 16.8 Å². The van der Waals surface area contributed by atoms with Gasteiger partial charge in [-0.2, -0.15) is 0 Å². The van der Waals surface area contributed by atoms with E-state index in [1.54, 1.807) is 30.3 Å². The molecule has 22 heavy (non-hydrogen) atoms. The summed E-state index contributed by atoms with van der Waals surface area (Å²) in [4.78, 5) is 29.2. The smallest absolute Gasteiger partial charge is 0.323 e. The van der Waals surface area contributed by atoms with Gasteiger partial charge in [0.25, 0.3) is 0 Å². The topological polar surface area (TPSA) is 77.8 Å². The zero-order valence-electron chi connectivity index (χ0n) is 11.4. The van der Waals surface area contributed by atoms with Crippen molar-refractivity contribution in [3.8, 4) is 0 Å². The summed E-state index contributed by atoms with van der Waals surface area (Å²) in [5.74, 6) is -0.262. The van der Waals surface area contributed by atoms with E-state index in [0.717, 1.165) is 4.90 Å². The van der Waals surface area contributed by atoms with Crippen molar-refractivity contribution in [3.05, 3.63) is 58.8 Å². The molecule has 1 aromatic heterocycles. The van der Waals surface area contributed by atoms with E-state index < -0.39 is 0 Å². The maximum atomic E-state index is 12.8. The van der Waals surface area contributed by atoms with Crippen LogP contribution in [-0.4, -0.2) is 21.6 Å². The molecular formula is C15H12FN3O2S. The summed E-state index contributed by atoms with van der Waals surface area (Å²) in [5.41, 5.74) is 1.63. The molecule has 0 aliphatic heterocycles. The molecule has 0 aliphatic carbocycles. The number of halogens is 1. The fourth-order valence-electron chi connectivity index (χ4n) is 1.99. The van der Waals surface area contributed by atoms with E-state index in [4.69, 9.17) is 0 Å². The number of hydrogen-bond donors (Lipinski definition) is 3. The number of rotatable bonds is 4. The maximum absolute atomic E-state index is 12.8. The molecule has 0 atom stereocenters. The van der Waals surface area contributed by atoms with Crippen molar-refractivity contribution in [2.75, 3.05) is 11.1 Å². The van der Waals surface area contributed by atoms with Crippen molar-refractivity contribution in [1.82, 2.24) is 9.97 Å². The van der Waals surface area contributed by atoms with Crippen LogP contribution in [0.2, 0.25) is 0 Å². The van der Waals surface area contributed by atoms with Gasteiger partial charge in [0, 0.05) is 10.6 Å². The van der Waals surface area contributed by atoms with Gasteiger partial charge in [-0.3, -0.25) is 4.79 Å². The maximum Gasteiger partial charge on any atom is 0.323 e. The van der Waals surface area contributed by atoms with Crippen molar-refractivity contribution < 1.29 is 9.18 Å². The lowest BCUT2D eigenvalue weighted by Crippen LogP contribution is -2.13. The monoisotopic (exact) mass is 317 g/mol. The van der Waals surface area contributed by atoms with Gasteiger partial charge in [0.1, 0.15) is 5.82 Å². The van der Waals surface area contributed by atoms with E-state index >= 15 is 0 Å². The van der Waals surface area contributed by atoms with Crippen LogP contribution in [0.15, 0.2) is 52.2 Å². The third-order valence-electron chi connectivity index (χ3n) is 2.98. The lowest BCUT2D eigenvalue weighted by atomic mass is 10.3. The number of imidazole rings is 1. The second-order valence-corrected chi connectivity index (χ2v) is 5.68. The van der Waals surface area contributed by atoms with E-state index in [9.17, 15) is 14.0 Å². The Kier molecular flexibility index (Phi) is 3.97. The molecule has 3 N–H and O–H groups in total. The number of carbonyl (C=O) groups excluding carboxylic acids is 1. The quantitative estimate of drug-likeness (QED) is 0.648. The number of thioether (sulfide) groups is 1. The molecule has 0 spiro atoms. The fraction of sp³-hybridized carbons (Fsp3) is 0.0667. The van der Waals surface area contributed by atoms with Crippen LogP contribution in [0.3, 0.4) is 0 Å². The third kappa shape index (κ3) is 3.37. The molecule has 0 unspecified atom stereocenters. The molecule has 7 heteroatoms. The van der Waals surface area contributed by atoms with Crippen LogP contribution >= 0.6 is 11.8 Å². The Bertz CT molecular complexity index is 870. The highest BCUT2D eigenvalue weighted by atomic mass is 32.2. The predicted octanol–water partition coefficient (Wildman–Crippen LogP) is 2.73. The van der Waals surface area contributed by atoms with Gasteiger partial charge in [0.2, 0.25) is 5.91 Å². The summed E-state index contributed by atoms with van der Waals surface area (Å²) in [6.45, 7) is 0. The zero-order chi connectivity index (χ0) is 15.5. The van der Waals surface area contributed by atoms with Crippen LogP contribution in [0.1, 0.15) is 0 Å². The summed E-state index contributed by atoms with van der Waals surface area (Å²) in [5, 5.41) is 2.76. The molecule has 3 aromatic rings. The molecule has 0 saturated heterocycles. The molecule has 0 aliphatic rings. The summed E-state index contributed by atoms with van der Waals surface area (Å²) in [6, 6.07) is 11.1. The molecule has 0 radical (unpaired) electrons. The van der Waals surface area contributed by atoms with Crippen molar-refractivity contribution in [2.24, 2.45) is 0 Å². The highest BCUT2D eigenvalue weighted by molar-refractivity contribution is 8.00. The molecular weight excluding hydrogens is 305 g/mol. The molecule has 112 valence electrons. The standard InChI is InChI=1S/C15H12FN3O2S/c16-9-1-4-11(5-2-9)22-8-14(20)17-10-3-6-12-13(7-10)19-15(21)18-12/h1-7H,8H2,(H,17,20)(H2,18,19,21). The van der Waals surface area contributed by atoms with Crippen molar-refractivity contribution in [1.29, 1.82) is 0 Å². The second-order valence-electron chi connectivity index (χ2n) is 4.63. The zero-order valence-corrected chi connectivity index (χ0v) is 12.2. The Morgan fingerprint density at radius 3 is 2.59 bits per heavy atom. The third-order valence-corrected chi connectivity index (χ3v) is 4.00. The molecule has 3 rings (SSSR count). The van der Waals surface area contributed by atoms with Crippen LogP contribution < -0.4 is 11.0 Å². The summed E-state index contributed by atoms with van der Waals surface area (Å²) >= 11 is 1.32. The Morgan fingerprint density at radius 1 is 1.09 bits per heavy atom. The Labute approximate surface area is 128 Å². The number of carbonyl (C=O) groups is 1. The number of amides is 1. The van der Waals surface area contributed by atoms with Crippen LogP contribution in [0.4, 0.5) is 10.1 Å². The van der Waals surface area contributed by atoms with Gasteiger partial charge in [-0.05, 0) is 42.5 Å². The minimum atomic E-state index is -0.303. The molecule has 0 bridgehead atoms. The molecule has 1 heterocycles. The first-order valence-corrected chi connectivity index (χ1v) is 7.49. The first kappa shape index (κ1) is 14.4. The van der Waals surface area contributed by atoms with Gasteiger partial charge >= 0.3 is 5.69 Å². The van der Waals surface area contributed by atoms with Crippen molar-refractivity contribution in [3.63, 3.8) is 0 Å². The Balaban J connectivity index is 1.62. The van der Waals surface area contributed by atoms with E-state index in [1.807, 2.05) is 0 Å². The molecule has 5 nitrogen and oxygen atoms in total. The SMILES string of the molecule is O=C(CSc1ccc(F)cc1)Nc1ccc2[nH]c(=O)[nH]c2c1. The molecule has 2 aromatic carbocycles. The number of H-pyrrole nitrogens is 2. The van der Waals surface area contributed by atoms with E-state index in [2.05, 4.69) is 15.3 Å². The van der Waals surface area contributed by atoms with Gasteiger partial charge in [-0.15, -0.1) is 11.8 Å². The number of benzene rings is 2. The average Bonchev–Trinajstić information content (AvgIpc) is 2.86. The molecule has 1 amide bonds. The second kappa shape index (κ2) is 6.07. The van der Waals surface area contributed by atoms with Crippen LogP contribution in [0.5, 0.6) is 0 Å². The van der Waals surface area contributed by atoms with Crippen molar-refractivity contribution in [2.45, 2.75) is 4.90 Å². The van der Waals surface area contributed by atoms with E-state index in [-0.39, 0.29) is 23.2 Å². The van der Waals surface area contributed by atoms with Crippen LogP contribution in [0.25, 0.3) is 11.0 Å². The molecule has 0 saturated carbocycles. The largest absolute Gasteiger partial charge is 0.325 e. The lowest BCUT2D eigenvalue weighted by Gasteiger charge is -2.05. The number of aromatic amines is 2. The number of aromatic nitrogens is 2. The summed E-state index contributed by atoms with van der Waals surface area (Å²) in [6.07, 6.45) is 0. The summed E-state index contributed by atoms with van der Waals surface area (Å²) < 4.78 is 12.8. The van der Waals surface area contributed by atoms with E-state index in [1.165, 1.54) is 23.9 Å². The predicted molar refractivity (Wildman–Crippen MR) is 84.7 cm³/mol. The molecule has 0 fully saturated rings. The fourth-order valence-corrected chi connectivity index (χ4v) is 2.69. The van der Waals surface area contributed by atoms with E-state index in [0.29, 0.717) is 16.7 Å². The van der Waals surface area contributed by atoms with Crippen LogP contribution in [-0.2, 0) is 4.79 Å². The first-order chi connectivity index (χ1) is 10.6. The number of nitrogens with one attached hydrogen (secondary N) is 3. The highest BCUT2D eigenvalue weighted by Gasteiger charge is 2.06. The normalized spacial score (nSPS) is 10.8. The summed E-state index contributed by atoms with van der Waals surface area (Å²) in [7, 11) is 0. The van der Waals surface area contributed by atoms with Crippen molar-refractivity contribution >= 4 is 34.4 Å². The van der Waals surface area contributed by atoms with Gasteiger partial charge in [-0.1, -0.05) is 0 Å². The highest BCUT2D eigenvalue weighted by Crippen LogP contribution is 2.19. The lowest BCUT2D eigenvalue weighted by molar-refractivity contribution is -0.113. The Morgan fingerprint density at radius 2 is 1.82 bits per heavy atom. The van der Waals surface area contributed by atoms with Gasteiger partial charge in [0.15, 0.2) is 0 Å². The minimum absolute atomic E-state index is 0.174. The minimum Gasteiger partial charge on any atom is -0.325 e. The number of fused-ring (bicyclic) bond motifs is 1. The first-order valence-electron chi connectivity index (χ1n) is 6.50. The van der Waals surface area contributed by atoms with Gasteiger partial charge < -0.3 is 15.3 Å². The van der Waals surface area contributed by atoms with Gasteiger partial charge in [-0.25, -0.2) is 9.18 Å². The number of hydrogen-bond acceptors (Lipinski definition) is 3. The average molecular weight is 317 g/mol. The Hall–Kier alpha value is -2.54. The van der Waals surface area contributed by atoms with Crippen LogP contribution in [0, 0.1) is 5.82 Å².